The molecule has 0 spiro atoms. The first-order chi connectivity index (χ1) is 35.6. The van der Waals surface area contributed by atoms with Crippen LogP contribution < -0.4 is 10.6 Å². The predicted octanol–water partition coefficient (Wildman–Crippen LogP) is 7.99. The average Bonchev–Trinajstić information content (AvgIpc) is 3.61. The van der Waals surface area contributed by atoms with Crippen LogP contribution in [0.3, 0.4) is 0 Å². The second-order valence-electron chi connectivity index (χ2n) is 23.9. The van der Waals surface area contributed by atoms with Crippen LogP contribution in [0, 0.1) is 0 Å². The van der Waals surface area contributed by atoms with Gasteiger partial charge >= 0.3 is 23.9 Å². The minimum Gasteiger partial charge on any atom is -0.459 e. The van der Waals surface area contributed by atoms with Gasteiger partial charge in [-0.1, -0.05) is 65.8 Å². The molecule has 1 aliphatic carbocycles. The van der Waals surface area contributed by atoms with Gasteiger partial charge in [0.05, 0.1) is 32.2 Å². The fraction of sp³-hybridized carbons (Fsp3) is 0.603. The number of amides is 1. The van der Waals surface area contributed by atoms with Crippen molar-refractivity contribution in [3.8, 4) is 11.1 Å². The molecule has 0 saturated carbocycles. The van der Waals surface area contributed by atoms with E-state index < -0.39 is 58.4 Å². The number of nitrogens with one attached hydrogen (secondary N) is 2. The van der Waals surface area contributed by atoms with E-state index in [2.05, 4.69) is 49.8 Å². The van der Waals surface area contributed by atoms with Crippen molar-refractivity contribution in [3.05, 3.63) is 99.9 Å². The van der Waals surface area contributed by atoms with Crippen LogP contribution in [0.1, 0.15) is 119 Å². The molecule has 76 heavy (non-hydrogen) atoms. The van der Waals surface area contributed by atoms with Crippen molar-refractivity contribution in [1.29, 1.82) is 0 Å². The van der Waals surface area contributed by atoms with E-state index in [1.807, 2.05) is 146 Å². The molecule has 1 saturated heterocycles. The van der Waals surface area contributed by atoms with Gasteiger partial charge in [-0.3, -0.25) is 43.6 Å². The molecule has 0 radical (unpaired) electrons. The van der Waals surface area contributed by atoms with Crippen molar-refractivity contribution in [1.82, 2.24) is 24.9 Å². The van der Waals surface area contributed by atoms with E-state index in [1.54, 1.807) is 0 Å². The maximum absolute atomic E-state index is 14.2. The molecule has 0 bridgehead atoms. The molecule has 1 aliphatic heterocycles. The molecule has 1 amide bonds. The minimum atomic E-state index is -0.755. The predicted molar refractivity (Wildman–Crippen MR) is 296 cm³/mol. The minimum absolute atomic E-state index is 0.00889. The smallest absolute Gasteiger partial charge is 0.320 e. The van der Waals surface area contributed by atoms with Crippen LogP contribution in [0.25, 0.3) is 21.6 Å². The summed E-state index contributed by atoms with van der Waals surface area (Å²) in [5, 5.41) is 10.4. The lowest BCUT2D eigenvalue weighted by Crippen LogP contribution is -2.54. The van der Waals surface area contributed by atoms with Gasteiger partial charge in [-0.05, 0) is 148 Å². The molecule has 5 rings (SSSR count). The monoisotopic (exact) mass is 1050 g/mol. The Bertz CT molecular complexity index is 2420. The van der Waals surface area contributed by atoms with Gasteiger partial charge in [-0.25, -0.2) is 0 Å². The van der Waals surface area contributed by atoms with Crippen molar-refractivity contribution in [3.63, 3.8) is 0 Å². The molecule has 3 aromatic rings. The van der Waals surface area contributed by atoms with Crippen LogP contribution in [-0.4, -0.2) is 169 Å². The van der Waals surface area contributed by atoms with E-state index in [-0.39, 0.29) is 44.5 Å². The highest BCUT2D eigenvalue weighted by Gasteiger charge is 2.33. The van der Waals surface area contributed by atoms with Crippen LogP contribution in [0.15, 0.2) is 77.9 Å². The summed E-state index contributed by atoms with van der Waals surface area (Å²) in [5.41, 5.74) is 12.4. The van der Waals surface area contributed by atoms with Gasteiger partial charge in [0.2, 0.25) is 5.91 Å². The number of anilines is 1. The Balaban J connectivity index is 1.45. The number of fused-ring (bicyclic) bond motifs is 3. The van der Waals surface area contributed by atoms with Crippen molar-refractivity contribution < 1.29 is 42.9 Å². The molecular formula is C58H85N9O9. The Kier molecular flexibility index (Phi) is 22.0. The molecule has 3 aromatic carbocycles. The van der Waals surface area contributed by atoms with Crippen molar-refractivity contribution in [2.75, 3.05) is 90.4 Å². The Hall–Kier alpha value is -5.88. The van der Waals surface area contributed by atoms with Crippen LogP contribution in [0.2, 0.25) is 0 Å². The number of carbonyl (C=O) groups is 5. The van der Waals surface area contributed by atoms with Crippen LogP contribution in [0.5, 0.6) is 0 Å². The molecule has 1 unspecified atom stereocenters. The standard InChI is InChI=1S/C58H85N9O9/c1-55(2,3)73-50(68)37-64-28-29-65(38-51(69)74-56(4,5)6)32-33-67(40-53(71)76-58(10,11)12)43(36-66(31-30-64)39-52(70)75-57(7,8)9)34-41-23-25-42(26-24-41)62-54(72)49(22-17-27-61-63-59)60-35-48-46-20-15-13-18-44(46)45-19-14-16-21-47(45)48/h13-16,18-21,23-26,43,48-49,60H,17,22,27-40H2,1-12H3,(H,62,72)/t43?,49-/m0/s1. The number of esters is 4. The highest BCUT2D eigenvalue weighted by atomic mass is 16.6. The zero-order valence-corrected chi connectivity index (χ0v) is 47.3. The Labute approximate surface area is 451 Å². The van der Waals surface area contributed by atoms with E-state index >= 15 is 0 Å². The summed E-state index contributed by atoms with van der Waals surface area (Å²) in [7, 11) is 0. The number of nitrogens with zero attached hydrogens (tertiary/aromatic N) is 7. The maximum Gasteiger partial charge on any atom is 0.320 e. The Morgan fingerprint density at radius 3 is 1.51 bits per heavy atom. The third kappa shape index (κ3) is 21.3. The number of benzene rings is 3. The molecule has 1 heterocycles. The van der Waals surface area contributed by atoms with Gasteiger partial charge in [-0.15, -0.1) is 0 Å². The zero-order valence-electron chi connectivity index (χ0n) is 47.3. The van der Waals surface area contributed by atoms with E-state index in [0.29, 0.717) is 77.3 Å². The fourth-order valence-electron chi connectivity index (χ4n) is 9.52. The second kappa shape index (κ2) is 27.4. The van der Waals surface area contributed by atoms with E-state index in [0.717, 1.165) is 5.56 Å². The summed E-state index contributed by atoms with van der Waals surface area (Å²) < 4.78 is 23.3. The molecule has 416 valence electrons. The Morgan fingerprint density at radius 2 is 1.04 bits per heavy atom. The first-order valence-corrected chi connectivity index (χ1v) is 26.7. The summed E-state index contributed by atoms with van der Waals surface area (Å²) in [6.07, 6.45) is 1.38. The van der Waals surface area contributed by atoms with Crippen LogP contribution in [-0.2, 0) is 49.3 Å². The first kappa shape index (κ1) is 61.0. The summed E-state index contributed by atoms with van der Waals surface area (Å²) in [6.45, 7) is 25.0. The third-order valence-electron chi connectivity index (χ3n) is 12.6. The lowest BCUT2D eigenvalue weighted by molar-refractivity contribution is -0.160. The van der Waals surface area contributed by atoms with Gasteiger partial charge < -0.3 is 29.6 Å². The van der Waals surface area contributed by atoms with Gasteiger partial charge in [0.15, 0.2) is 0 Å². The number of azide groups is 1. The average molecular weight is 1050 g/mol. The van der Waals surface area contributed by atoms with Gasteiger partial charge in [0, 0.05) is 81.5 Å². The largest absolute Gasteiger partial charge is 0.459 e. The van der Waals surface area contributed by atoms with Crippen molar-refractivity contribution in [2.45, 2.75) is 143 Å². The van der Waals surface area contributed by atoms with Gasteiger partial charge in [0.1, 0.15) is 22.4 Å². The molecule has 18 heteroatoms. The molecule has 2 aliphatic rings. The number of ether oxygens (including phenoxy) is 4. The van der Waals surface area contributed by atoms with Crippen molar-refractivity contribution in [2.24, 2.45) is 5.11 Å². The number of rotatable bonds is 19. The molecule has 1 fully saturated rings. The maximum atomic E-state index is 14.2. The van der Waals surface area contributed by atoms with E-state index in [1.165, 1.54) is 22.3 Å². The topological polar surface area (TPSA) is 208 Å². The summed E-state index contributed by atoms with van der Waals surface area (Å²) in [6, 6.07) is 23.3. The molecule has 18 nitrogen and oxygen atoms in total. The Morgan fingerprint density at radius 1 is 0.605 bits per heavy atom. The number of carbonyl (C=O) groups excluding carboxylic acids is 5. The second-order valence-corrected chi connectivity index (χ2v) is 23.9. The summed E-state index contributed by atoms with van der Waals surface area (Å²) in [4.78, 5) is 79.4. The summed E-state index contributed by atoms with van der Waals surface area (Å²) in [5.74, 6) is -1.80. The lowest BCUT2D eigenvalue weighted by atomic mass is 9.96. The van der Waals surface area contributed by atoms with Crippen LogP contribution >= 0.6 is 0 Å². The highest BCUT2D eigenvalue weighted by molar-refractivity contribution is 5.95. The van der Waals surface area contributed by atoms with Gasteiger partial charge in [0.25, 0.3) is 0 Å². The zero-order chi connectivity index (χ0) is 55.8. The number of hydrogen-bond donors (Lipinski definition) is 2. The fourth-order valence-corrected chi connectivity index (χ4v) is 9.52. The normalized spacial score (nSPS) is 17.2. The quantitative estimate of drug-likeness (QED) is 0.0292. The van der Waals surface area contributed by atoms with Crippen molar-refractivity contribution >= 4 is 35.5 Å². The molecular weight excluding hydrogens is 967 g/mol. The number of hydrogen-bond acceptors (Lipinski definition) is 15. The molecule has 0 aromatic heterocycles. The highest BCUT2D eigenvalue weighted by Crippen LogP contribution is 2.44. The van der Waals surface area contributed by atoms with E-state index in [4.69, 9.17) is 24.5 Å². The third-order valence-corrected chi connectivity index (χ3v) is 12.6. The van der Waals surface area contributed by atoms with Crippen LogP contribution in [0.4, 0.5) is 5.69 Å². The molecule has 2 atom stereocenters. The SMILES string of the molecule is CC(C)(C)OC(=O)CN1CCN(CC(=O)OC(C)(C)C)CCN(CC(=O)OC(C)(C)C)C(Cc2ccc(NC(=O)[C@H](CCCN=[N+]=[N-])NCC3c4ccccc4-c4ccccc43)cc2)CN(CC(=O)OC(C)(C)C)CC1. The lowest BCUT2D eigenvalue weighted by Gasteiger charge is -2.39. The first-order valence-electron chi connectivity index (χ1n) is 26.7. The van der Waals surface area contributed by atoms with E-state index in [9.17, 15) is 24.0 Å². The van der Waals surface area contributed by atoms with Gasteiger partial charge in [-0.2, -0.15) is 0 Å². The molecule has 2 N–H and O–H groups in total. The summed E-state index contributed by atoms with van der Waals surface area (Å²) >= 11 is 0.